The summed E-state index contributed by atoms with van der Waals surface area (Å²) in [4.78, 5) is 12.2. The monoisotopic (exact) mass is 327 g/mol. The quantitative estimate of drug-likeness (QED) is 0.744. The minimum Gasteiger partial charge on any atom is -0.497 e. The van der Waals surface area contributed by atoms with Crippen LogP contribution >= 0.6 is 11.6 Å². The van der Waals surface area contributed by atoms with Crippen LogP contribution in [0.2, 0.25) is 5.02 Å². The van der Waals surface area contributed by atoms with E-state index in [0.29, 0.717) is 22.2 Å². The normalized spacial score (nSPS) is 10.3. The van der Waals surface area contributed by atoms with Crippen LogP contribution in [0.3, 0.4) is 0 Å². The molecule has 0 aliphatic carbocycles. The number of furan rings is 1. The molecule has 0 unspecified atom stereocenters. The van der Waals surface area contributed by atoms with E-state index >= 15 is 0 Å². The van der Waals surface area contributed by atoms with E-state index in [-0.39, 0.29) is 11.7 Å². The molecule has 2 aromatic carbocycles. The SMILES string of the molecule is COc1cccc(NC(=O)c2ccc(-c3ccc(Cl)cc3)o2)c1. The molecule has 3 aromatic rings. The Morgan fingerprint density at radius 2 is 1.87 bits per heavy atom. The van der Waals surface area contributed by atoms with Gasteiger partial charge in [0.2, 0.25) is 0 Å². The molecule has 0 aliphatic rings. The molecule has 116 valence electrons. The second kappa shape index (κ2) is 6.58. The summed E-state index contributed by atoms with van der Waals surface area (Å²) in [6.07, 6.45) is 0. The molecule has 0 spiro atoms. The molecule has 1 aromatic heterocycles. The van der Waals surface area contributed by atoms with E-state index < -0.39 is 0 Å². The third-order valence-electron chi connectivity index (χ3n) is 3.29. The van der Waals surface area contributed by atoms with Crippen LogP contribution in [0.15, 0.2) is 65.1 Å². The summed E-state index contributed by atoms with van der Waals surface area (Å²) in [7, 11) is 1.58. The maximum atomic E-state index is 12.2. The molecule has 1 amide bonds. The van der Waals surface area contributed by atoms with Gasteiger partial charge in [0.15, 0.2) is 5.76 Å². The van der Waals surface area contributed by atoms with E-state index in [9.17, 15) is 4.79 Å². The Morgan fingerprint density at radius 3 is 2.61 bits per heavy atom. The van der Waals surface area contributed by atoms with Crippen molar-refractivity contribution in [3.05, 3.63) is 71.4 Å². The number of nitrogens with one attached hydrogen (secondary N) is 1. The van der Waals surface area contributed by atoms with E-state index in [1.807, 2.05) is 12.1 Å². The van der Waals surface area contributed by atoms with Gasteiger partial charge in [-0.3, -0.25) is 4.79 Å². The first-order valence-corrected chi connectivity index (χ1v) is 7.35. The topological polar surface area (TPSA) is 51.5 Å². The molecule has 0 saturated heterocycles. The van der Waals surface area contributed by atoms with Crippen molar-refractivity contribution < 1.29 is 13.9 Å². The third-order valence-corrected chi connectivity index (χ3v) is 3.54. The zero-order valence-corrected chi connectivity index (χ0v) is 13.1. The fraction of sp³-hybridized carbons (Fsp3) is 0.0556. The molecule has 0 saturated carbocycles. The van der Waals surface area contributed by atoms with Crippen LogP contribution in [0.5, 0.6) is 5.75 Å². The minimum absolute atomic E-state index is 0.234. The van der Waals surface area contributed by atoms with Gasteiger partial charge in [0.05, 0.1) is 7.11 Å². The largest absolute Gasteiger partial charge is 0.497 e. The predicted octanol–water partition coefficient (Wildman–Crippen LogP) is 4.86. The number of carbonyl (C=O) groups is 1. The maximum absolute atomic E-state index is 12.2. The average molecular weight is 328 g/mol. The number of hydrogen-bond acceptors (Lipinski definition) is 3. The Kier molecular flexibility index (Phi) is 4.35. The number of rotatable bonds is 4. The van der Waals surface area contributed by atoms with Gasteiger partial charge in [-0.05, 0) is 48.5 Å². The van der Waals surface area contributed by atoms with Gasteiger partial charge in [-0.15, -0.1) is 0 Å². The number of carbonyl (C=O) groups excluding carboxylic acids is 1. The second-order valence-electron chi connectivity index (χ2n) is 4.86. The Bertz CT molecular complexity index is 824. The molecule has 1 heterocycles. The maximum Gasteiger partial charge on any atom is 0.291 e. The highest BCUT2D eigenvalue weighted by Gasteiger charge is 2.12. The fourth-order valence-corrected chi connectivity index (χ4v) is 2.25. The number of halogens is 1. The van der Waals surface area contributed by atoms with E-state index in [1.54, 1.807) is 55.6 Å². The van der Waals surface area contributed by atoms with Crippen molar-refractivity contribution in [2.45, 2.75) is 0 Å². The summed E-state index contributed by atoms with van der Waals surface area (Å²) >= 11 is 5.86. The number of ether oxygens (including phenoxy) is 1. The highest BCUT2D eigenvalue weighted by atomic mass is 35.5. The van der Waals surface area contributed by atoms with Gasteiger partial charge >= 0.3 is 0 Å². The van der Waals surface area contributed by atoms with Crippen LogP contribution in [0.25, 0.3) is 11.3 Å². The second-order valence-corrected chi connectivity index (χ2v) is 5.29. The molecule has 23 heavy (non-hydrogen) atoms. The van der Waals surface area contributed by atoms with Crippen molar-refractivity contribution >= 4 is 23.2 Å². The lowest BCUT2D eigenvalue weighted by atomic mass is 10.2. The molecular weight excluding hydrogens is 314 g/mol. The number of anilines is 1. The van der Waals surface area contributed by atoms with Gasteiger partial charge in [-0.2, -0.15) is 0 Å². The van der Waals surface area contributed by atoms with Crippen molar-refractivity contribution in [3.63, 3.8) is 0 Å². The Labute approximate surface area is 138 Å². The summed E-state index contributed by atoms with van der Waals surface area (Å²) in [6.45, 7) is 0. The van der Waals surface area contributed by atoms with Crippen molar-refractivity contribution in [2.24, 2.45) is 0 Å². The Hall–Kier alpha value is -2.72. The van der Waals surface area contributed by atoms with Crippen molar-refractivity contribution in [2.75, 3.05) is 12.4 Å². The van der Waals surface area contributed by atoms with Crippen LogP contribution in [0.4, 0.5) is 5.69 Å². The van der Waals surface area contributed by atoms with E-state index in [1.165, 1.54) is 0 Å². The average Bonchev–Trinajstić information content (AvgIpc) is 3.06. The number of amides is 1. The van der Waals surface area contributed by atoms with Crippen LogP contribution in [0.1, 0.15) is 10.6 Å². The van der Waals surface area contributed by atoms with E-state index in [2.05, 4.69) is 5.32 Å². The van der Waals surface area contributed by atoms with E-state index in [0.717, 1.165) is 5.56 Å². The predicted molar refractivity (Wildman–Crippen MR) is 90.1 cm³/mol. The first-order valence-electron chi connectivity index (χ1n) is 6.97. The zero-order valence-electron chi connectivity index (χ0n) is 12.4. The van der Waals surface area contributed by atoms with Gasteiger partial charge in [-0.1, -0.05) is 17.7 Å². The van der Waals surface area contributed by atoms with Crippen molar-refractivity contribution in [1.29, 1.82) is 0 Å². The molecule has 5 heteroatoms. The van der Waals surface area contributed by atoms with Crippen LogP contribution in [-0.2, 0) is 0 Å². The zero-order chi connectivity index (χ0) is 16.2. The number of hydrogen-bond donors (Lipinski definition) is 1. The summed E-state index contributed by atoms with van der Waals surface area (Å²) in [6, 6.07) is 17.7. The Morgan fingerprint density at radius 1 is 1.09 bits per heavy atom. The summed E-state index contributed by atoms with van der Waals surface area (Å²) < 4.78 is 10.7. The molecule has 0 atom stereocenters. The molecule has 4 nitrogen and oxygen atoms in total. The molecule has 1 N–H and O–H groups in total. The number of methoxy groups -OCH3 is 1. The fourth-order valence-electron chi connectivity index (χ4n) is 2.12. The molecule has 0 radical (unpaired) electrons. The highest BCUT2D eigenvalue weighted by Crippen LogP contribution is 2.24. The van der Waals surface area contributed by atoms with Gasteiger partial charge in [-0.25, -0.2) is 0 Å². The smallest absolute Gasteiger partial charge is 0.291 e. The summed E-state index contributed by atoms with van der Waals surface area (Å²) in [5.41, 5.74) is 1.49. The van der Waals surface area contributed by atoms with Crippen LogP contribution < -0.4 is 10.1 Å². The number of benzene rings is 2. The standard InChI is InChI=1S/C18H14ClNO3/c1-22-15-4-2-3-14(11-15)20-18(21)17-10-9-16(23-17)12-5-7-13(19)8-6-12/h2-11H,1H3,(H,20,21). The molecular formula is C18H14ClNO3. The molecule has 0 bridgehead atoms. The highest BCUT2D eigenvalue weighted by molar-refractivity contribution is 6.30. The first-order chi connectivity index (χ1) is 11.2. The first kappa shape index (κ1) is 15.2. The summed E-state index contributed by atoms with van der Waals surface area (Å²) in [5.74, 6) is 1.19. The lowest BCUT2D eigenvalue weighted by Crippen LogP contribution is -2.10. The van der Waals surface area contributed by atoms with Gasteiger partial charge in [0.1, 0.15) is 11.5 Å². The van der Waals surface area contributed by atoms with Gasteiger partial charge < -0.3 is 14.5 Å². The Balaban J connectivity index is 1.76. The molecule has 0 aliphatic heterocycles. The van der Waals surface area contributed by atoms with Crippen molar-refractivity contribution in [3.8, 4) is 17.1 Å². The van der Waals surface area contributed by atoms with Crippen molar-refractivity contribution in [1.82, 2.24) is 0 Å². The molecule has 0 fully saturated rings. The van der Waals surface area contributed by atoms with Crippen LogP contribution in [-0.4, -0.2) is 13.0 Å². The van der Waals surface area contributed by atoms with E-state index in [4.69, 9.17) is 20.8 Å². The molecule has 3 rings (SSSR count). The third kappa shape index (κ3) is 3.55. The van der Waals surface area contributed by atoms with Gasteiger partial charge in [0.25, 0.3) is 5.91 Å². The minimum atomic E-state index is -0.321. The summed E-state index contributed by atoms with van der Waals surface area (Å²) in [5, 5.41) is 3.42. The van der Waals surface area contributed by atoms with Crippen LogP contribution in [0, 0.1) is 0 Å². The lowest BCUT2D eigenvalue weighted by molar-refractivity contribution is 0.0997. The lowest BCUT2D eigenvalue weighted by Gasteiger charge is -2.05. The van der Waals surface area contributed by atoms with Gasteiger partial charge in [0, 0.05) is 22.3 Å².